The number of halogens is 1. The lowest BCUT2D eigenvalue weighted by Gasteiger charge is -2.13. The van der Waals surface area contributed by atoms with E-state index in [9.17, 15) is 14.7 Å². The number of aliphatic hydroxyl groups is 1. The Balaban J connectivity index is 1.92. The molecule has 1 aromatic carbocycles. The Kier molecular flexibility index (Phi) is 8.15. The molecule has 1 heterocycles. The van der Waals surface area contributed by atoms with Gasteiger partial charge in [-0.15, -0.1) is 0 Å². The number of aromatic nitrogens is 2. The fourth-order valence-electron chi connectivity index (χ4n) is 2.33. The van der Waals surface area contributed by atoms with Crippen molar-refractivity contribution in [3.63, 3.8) is 0 Å². The molecule has 146 valence electrons. The van der Waals surface area contributed by atoms with Gasteiger partial charge < -0.3 is 20.3 Å². The summed E-state index contributed by atoms with van der Waals surface area (Å²) in [5, 5.41) is 16.2. The maximum Gasteiger partial charge on any atom is 0.240 e. The Bertz CT molecular complexity index is 795. The Labute approximate surface area is 167 Å². The summed E-state index contributed by atoms with van der Waals surface area (Å²) in [6.07, 6.45) is 1.51. The molecule has 0 spiro atoms. The van der Waals surface area contributed by atoms with Gasteiger partial charge in [-0.25, -0.2) is 4.98 Å². The van der Waals surface area contributed by atoms with Gasteiger partial charge in [-0.05, 0) is 25.5 Å². The van der Waals surface area contributed by atoms with Crippen LogP contribution in [0.15, 0.2) is 35.6 Å². The van der Waals surface area contributed by atoms with E-state index < -0.39 is 0 Å². The molecule has 2 aromatic rings. The second-order valence-electron chi connectivity index (χ2n) is 6.16. The van der Waals surface area contributed by atoms with Gasteiger partial charge in [-0.1, -0.05) is 41.6 Å². The van der Waals surface area contributed by atoms with Crippen LogP contribution in [0.4, 0.5) is 0 Å². The number of imidazole rings is 1. The highest BCUT2D eigenvalue weighted by Crippen LogP contribution is 2.19. The minimum absolute atomic E-state index is 0.0188. The number of amides is 2. The third-order valence-corrected chi connectivity index (χ3v) is 4.94. The summed E-state index contributed by atoms with van der Waals surface area (Å²) in [5.74, 6) is -0.215. The van der Waals surface area contributed by atoms with Crippen molar-refractivity contribution < 1.29 is 14.7 Å². The average molecular weight is 411 g/mol. The van der Waals surface area contributed by atoms with Crippen molar-refractivity contribution >= 4 is 35.2 Å². The summed E-state index contributed by atoms with van der Waals surface area (Å²) >= 11 is 7.28. The van der Waals surface area contributed by atoms with Crippen LogP contribution in [0.1, 0.15) is 25.1 Å². The summed E-state index contributed by atoms with van der Waals surface area (Å²) in [6.45, 7) is 3.89. The number of carbonyl (C=O) groups is 2. The predicted octanol–water partition coefficient (Wildman–Crippen LogP) is 1.96. The smallest absolute Gasteiger partial charge is 0.240 e. The molecule has 0 aliphatic rings. The number of rotatable bonds is 9. The fourth-order valence-corrected chi connectivity index (χ4v) is 3.36. The zero-order valence-corrected chi connectivity index (χ0v) is 16.8. The van der Waals surface area contributed by atoms with E-state index in [1.165, 1.54) is 18.0 Å². The van der Waals surface area contributed by atoms with E-state index in [0.29, 0.717) is 22.4 Å². The summed E-state index contributed by atoms with van der Waals surface area (Å²) < 4.78 is 1.61. The van der Waals surface area contributed by atoms with Gasteiger partial charge in [0.2, 0.25) is 11.8 Å². The van der Waals surface area contributed by atoms with Gasteiger partial charge in [0, 0.05) is 17.6 Å². The first-order valence-electron chi connectivity index (χ1n) is 8.48. The number of nitrogens with one attached hydrogen (secondary N) is 2. The molecule has 27 heavy (non-hydrogen) atoms. The van der Waals surface area contributed by atoms with Crippen LogP contribution < -0.4 is 10.6 Å². The van der Waals surface area contributed by atoms with Crippen molar-refractivity contribution in [2.75, 3.05) is 5.75 Å². The molecule has 0 radical (unpaired) electrons. The first-order chi connectivity index (χ1) is 12.9. The first-order valence-corrected chi connectivity index (χ1v) is 9.84. The van der Waals surface area contributed by atoms with Crippen molar-refractivity contribution in [1.29, 1.82) is 0 Å². The van der Waals surface area contributed by atoms with Gasteiger partial charge in [0.1, 0.15) is 6.54 Å². The number of thioether (sulfide) groups is 1. The number of benzene rings is 1. The van der Waals surface area contributed by atoms with Gasteiger partial charge in [-0.3, -0.25) is 9.59 Å². The molecule has 0 unspecified atom stereocenters. The average Bonchev–Trinajstić information content (AvgIpc) is 3.00. The van der Waals surface area contributed by atoms with E-state index in [-0.39, 0.29) is 36.8 Å². The lowest BCUT2D eigenvalue weighted by molar-refractivity contribution is -0.122. The molecule has 9 heteroatoms. The van der Waals surface area contributed by atoms with E-state index in [2.05, 4.69) is 15.6 Å². The topological polar surface area (TPSA) is 96.2 Å². The summed E-state index contributed by atoms with van der Waals surface area (Å²) in [7, 11) is 0. The molecule has 0 aliphatic carbocycles. The maximum atomic E-state index is 12.1. The van der Waals surface area contributed by atoms with Crippen LogP contribution in [0.3, 0.4) is 0 Å². The molecule has 0 saturated heterocycles. The third-order valence-electron chi connectivity index (χ3n) is 3.58. The minimum Gasteiger partial charge on any atom is -0.390 e. The van der Waals surface area contributed by atoms with Crippen LogP contribution in [-0.2, 0) is 29.3 Å². The Hall–Kier alpha value is -2.03. The van der Waals surface area contributed by atoms with E-state index in [1.54, 1.807) is 10.6 Å². The number of carbonyl (C=O) groups excluding carboxylic acids is 2. The van der Waals surface area contributed by atoms with Crippen LogP contribution >= 0.6 is 23.4 Å². The molecule has 1 aromatic heterocycles. The largest absolute Gasteiger partial charge is 0.390 e. The monoisotopic (exact) mass is 410 g/mol. The standard InChI is InChI=1S/C18H23ClN4O3S/c1-12(2)22-16(25)9-23-14(10-24)8-21-18(23)27-11-17(26)20-7-13-5-3-4-6-15(13)19/h3-6,8,12,24H,7,9-11H2,1-2H3,(H,20,26)(H,22,25). The third kappa shape index (κ3) is 6.57. The highest BCUT2D eigenvalue weighted by atomic mass is 35.5. The van der Waals surface area contributed by atoms with Crippen LogP contribution in [-0.4, -0.2) is 38.3 Å². The van der Waals surface area contributed by atoms with Crippen LogP contribution in [0.2, 0.25) is 5.02 Å². The normalized spacial score (nSPS) is 10.9. The number of hydrogen-bond acceptors (Lipinski definition) is 5. The Morgan fingerprint density at radius 2 is 2.04 bits per heavy atom. The van der Waals surface area contributed by atoms with Crippen molar-refractivity contribution in [2.45, 2.75) is 44.7 Å². The van der Waals surface area contributed by atoms with Crippen LogP contribution in [0.25, 0.3) is 0 Å². The SMILES string of the molecule is CC(C)NC(=O)Cn1c(CO)cnc1SCC(=O)NCc1ccccc1Cl. The van der Waals surface area contributed by atoms with E-state index >= 15 is 0 Å². The van der Waals surface area contributed by atoms with Gasteiger partial charge in [0.05, 0.1) is 24.3 Å². The van der Waals surface area contributed by atoms with E-state index in [1.807, 2.05) is 32.0 Å². The molecule has 2 amide bonds. The molecule has 0 aliphatic heterocycles. The molecule has 0 saturated carbocycles. The van der Waals surface area contributed by atoms with E-state index in [4.69, 9.17) is 11.6 Å². The quantitative estimate of drug-likeness (QED) is 0.549. The molecular weight excluding hydrogens is 388 g/mol. The minimum atomic E-state index is -0.235. The Morgan fingerprint density at radius 3 is 2.70 bits per heavy atom. The number of aliphatic hydroxyl groups excluding tert-OH is 1. The maximum absolute atomic E-state index is 12.1. The van der Waals surface area contributed by atoms with Gasteiger partial charge in [0.25, 0.3) is 0 Å². The van der Waals surface area contributed by atoms with Crippen molar-refractivity contribution in [3.05, 3.63) is 46.7 Å². The van der Waals surface area contributed by atoms with Gasteiger partial charge >= 0.3 is 0 Å². The second kappa shape index (κ2) is 10.3. The number of hydrogen-bond donors (Lipinski definition) is 3. The molecule has 2 rings (SSSR count). The predicted molar refractivity (Wildman–Crippen MR) is 105 cm³/mol. The van der Waals surface area contributed by atoms with Gasteiger partial charge in [0.15, 0.2) is 5.16 Å². The first kappa shape index (κ1) is 21.3. The lowest BCUT2D eigenvalue weighted by atomic mass is 10.2. The second-order valence-corrected chi connectivity index (χ2v) is 7.51. The molecular formula is C18H23ClN4O3S. The van der Waals surface area contributed by atoms with Crippen molar-refractivity contribution in [2.24, 2.45) is 0 Å². The summed E-state index contributed by atoms with van der Waals surface area (Å²) in [6, 6.07) is 7.33. The van der Waals surface area contributed by atoms with Gasteiger partial charge in [-0.2, -0.15) is 0 Å². The highest BCUT2D eigenvalue weighted by Gasteiger charge is 2.15. The van der Waals surface area contributed by atoms with Crippen molar-refractivity contribution in [1.82, 2.24) is 20.2 Å². The van der Waals surface area contributed by atoms with E-state index in [0.717, 1.165) is 5.56 Å². The number of nitrogens with zero attached hydrogens (tertiary/aromatic N) is 2. The fraction of sp³-hybridized carbons (Fsp3) is 0.389. The molecule has 0 atom stereocenters. The summed E-state index contributed by atoms with van der Waals surface area (Å²) in [5.41, 5.74) is 1.36. The van der Waals surface area contributed by atoms with Crippen LogP contribution in [0, 0.1) is 0 Å². The molecule has 0 bridgehead atoms. The molecule has 3 N–H and O–H groups in total. The zero-order chi connectivity index (χ0) is 19.8. The Morgan fingerprint density at radius 1 is 1.30 bits per heavy atom. The zero-order valence-electron chi connectivity index (χ0n) is 15.2. The lowest BCUT2D eigenvalue weighted by Crippen LogP contribution is -2.33. The van der Waals surface area contributed by atoms with Crippen molar-refractivity contribution in [3.8, 4) is 0 Å². The van der Waals surface area contributed by atoms with Crippen LogP contribution in [0.5, 0.6) is 0 Å². The highest BCUT2D eigenvalue weighted by molar-refractivity contribution is 7.99. The molecule has 7 nitrogen and oxygen atoms in total. The molecule has 0 fully saturated rings. The summed E-state index contributed by atoms with van der Waals surface area (Å²) in [4.78, 5) is 28.4.